The molecule has 0 aliphatic carbocycles. The lowest BCUT2D eigenvalue weighted by molar-refractivity contribution is -0.143. The van der Waals surface area contributed by atoms with Gasteiger partial charge in [0, 0.05) is 11.9 Å². The predicted octanol–water partition coefficient (Wildman–Crippen LogP) is 2.61. The highest BCUT2D eigenvalue weighted by molar-refractivity contribution is 5.94. The van der Waals surface area contributed by atoms with Crippen LogP contribution in [0.25, 0.3) is 17.0 Å². The molecule has 3 heterocycles. The second-order valence-corrected chi connectivity index (χ2v) is 11.7. The molecule has 0 spiro atoms. The van der Waals surface area contributed by atoms with E-state index in [1.54, 1.807) is 26.8 Å². The molecule has 2 aromatic rings. The maximum Gasteiger partial charge on any atom is 0.258 e. The maximum atomic E-state index is 13.3. The maximum absolute atomic E-state index is 13.3. The number of hydrazine groups is 1. The van der Waals surface area contributed by atoms with Crippen LogP contribution in [0, 0.1) is 11.3 Å². The van der Waals surface area contributed by atoms with E-state index in [1.165, 1.54) is 5.01 Å². The summed E-state index contributed by atoms with van der Waals surface area (Å²) >= 11 is 0. The summed E-state index contributed by atoms with van der Waals surface area (Å²) in [6.07, 6.45) is 4.88. The summed E-state index contributed by atoms with van der Waals surface area (Å²) in [4.78, 5) is 57.7. The minimum absolute atomic E-state index is 0.212. The van der Waals surface area contributed by atoms with E-state index in [2.05, 4.69) is 21.4 Å². The first kappa shape index (κ1) is 29.2. The molecule has 0 saturated carbocycles. The Morgan fingerprint density at radius 1 is 0.950 bits per heavy atom. The van der Waals surface area contributed by atoms with Gasteiger partial charge in [-0.1, -0.05) is 44.2 Å². The molecule has 1 fully saturated rings. The molecule has 1 aromatic heterocycles. The summed E-state index contributed by atoms with van der Waals surface area (Å²) in [6, 6.07) is 7.09. The number of pyridine rings is 1. The highest BCUT2D eigenvalue weighted by Gasteiger charge is 2.35. The molecule has 4 unspecified atom stereocenters. The number of carbonyl (C=O) groups is 4. The molecular formula is C30H40N6O4. The Kier molecular flexibility index (Phi) is 8.58. The lowest BCUT2D eigenvalue weighted by Gasteiger charge is -2.35. The monoisotopic (exact) mass is 548 g/mol. The van der Waals surface area contributed by atoms with Crippen LogP contribution in [0.1, 0.15) is 71.7 Å². The Bertz CT molecular complexity index is 1340. The number of amides is 4. The summed E-state index contributed by atoms with van der Waals surface area (Å²) in [7, 11) is 0. The van der Waals surface area contributed by atoms with Crippen molar-refractivity contribution >= 4 is 40.6 Å². The van der Waals surface area contributed by atoms with Gasteiger partial charge in [-0.2, -0.15) is 0 Å². The van der Waals surface area contributed by atoms with Crippen molar-refractivity contribution < 1.29 is 19.2 Å². The molecule has 2 aliphatic rings. The Morgan fingerprint density at radius 2 is 1.65 bits per heavy atom. The van der Waals surface area contributed by atoms with E-state index < -0.39 is 29.4 Å². The summed E-state index contributed by atoms with van der Waals surface area (Å²) < 4.78 is 0. The third-order valence-corrected chi connectivity index (χ3v) is 7.55. The van der Waals surface area contributed by atoms with Gasteiger partial charge in [0.2, 0.25) is 17.7 Å². The largest absolute Gasteiger partial charge is 0.347 e. The highest BCUT2D eigenvalue weighted by Crippen LogP contribution is 2.23. The van der Waals surface area contributed by atoms with E-state index in [9.17, 15) is 19.2 Å². The Balaban J connectivity index is 1.70. The third-order valence-electron chi connectivity index (χ3n) is 7.55. The number of aromatic nitrogens is 1. The first-order valence-corrected chi connectivity index (χ1v) is 13.9. The molecule has 10 nitrogen and oxygen atoms in total. The summed E-state index contributed by atoms with van der Waals surface area (Å²) in [5.41, 5.74) is 4.48. The van der Waals surface area contributed by atoms with Gasteiger partial charge in [0.1, 0.15) is 18.1 Å². The second-order valence-electron chi connectivity index (χ2n) is 11.7. The minimum Gasteiger partial charge on any atom is -0.347 e. The van der Waals surface area contributed by atoms with Crippen molar-refractivity contribution in [1.82, 2.24) is 31.4 Å². The summed E-state index contributed by atoms with van der Waals surface area (Å²) in [6.45, 7) is 11.2. The van der Waals surface area contributed by atoms with Gasteiger partial charge in [-0.15, -0.1) is 0 Å². The van der Waals surface area contributed by atoms with Crippen LogP contribution in [0.2, 0.25) is 0 Å². The van der Waals surface area contributed by atoms with Crippen LogP contribution in [0.5, 0.6) is 0 Å². The number of nitrogens with one attached hydrogen (secondary N) is 4. The van der Waals surface area contributed by atoms with Crippen molar-refractivity contribution in [1.29, 1.82) is 0 Å². The second kappa shape index (κ2) is 11.8. The van der Waals surface area contributed by atoms with Crippen LogP contribution < -0.4 is 21.4 Å². The van der Waals surface area contributed by atoms with Crippen molar-refractivity contribution in [2.75, 3.05) is 6.54 Å². The third kappa shape index (κ3) is 6.50. The first-order valence-electron chi connectivity index (χ1n) is 13.9. The first-order chi connectivity index (χ1) is 18.9. The average molecular weight is 549 g/mol. The van der Waals surface area contributed by atoms with E-state index in [4.69, 9.17) is 4.98 Å². The van der Waals surface area contributed by atoms with Crippen LogP contribution in [0.3, 0.4) is 0 Å². The number of nitrogens with zero attached hydrogens (tertiary/aromatic N) is 2. The van der Waals surface area contributed by atoms with Crippen molar-refractivity contribution in [3.05, 3.63) is 47.7 Å². The van der Waals surface area contributed by atoms with Crippen LogP contribution in [-0.2, 0) is 19.2 Å². The number of rotatable bonds is 1. The number of benzene rings is 1. The topological polar surface area (TPSA) is 133 Å². The molecular weight excluding hydrogens is 508 g/mol. The normalized spacial score (nSPS) is 26.4. The molecule has 0 radical (unpaired) electrons. The fourth-order valence-electron chi connectivity index (χ4n) is 4.86. The zero-order valence-corrected chi connectivity index (χ0v) is 24.1. The fourth-order valence-corrected chi connectivity index (χ4v) is 4.86. The van der Waals surface area contributed by atoms with Crippen molar-refractivity contribution in [2.45, 2.75) is 78.6 Å². The van der Waals surface area contributed by atoms with Crippen LogP contribution in [0.4, 0.5) is 0 Å². The predicted molar refractivity (Wildman–Crippen MR) is 153 cm³/mol. The molecule has 4 rings (SSSR count). The van der Waals surface area contributed by atoms with E-state index in [-0.39, 0.29) is 29.7 Å². The van der Waals surface area contributed by atoms with Crippen LogP contribution in [0.15, 0.2) is 36.4 Å². The van der Waals surface area contributed by atoms with Gasteiger partial charge in [0.25, 0.3) is 5.91 Å². The van der Waals surface area contributed by atoms with Gasteiger partial charge in [-0.05, 0) is 64.2 Å². The lowest BCUT2D eigenvalue weighted by atomic mass is 9.89. The minimum atomic E-state index is -0.913. The highest BCUT2D eigenvalue weighted by atomic mass is 16.2. The standard InChI is InChI=1S/C30H40N6O4/c1-17(2)25-27(38)32-19(4)28(39)36-15-7-8-23(35-36)26(37)31-18(3)22-12-11-21-10-9-20(16-24(21)33-22)13-14-30(5,6)29(40)34-25/h9-14,16-19,23,25,35H,7-8,15H2,1-6H3,(H,31,37)(H,32,38)(H,34,40). The average Bonchev–Trinajstić information content (AvgIpc) is 2.92. The number of fused-ring (bicyclic) bond motifs is 4. The SMILES string of the molecule is CC1NC(=O)C(C(C)C)NC(=O)C(C)(C)C=Cc2ccc3ccc(nc3c2)C(C)NC(=O)C2CCCN(N2)C1=O. The molecule has 2 aliphatic heterocycles. The summed E-state index contributed by atoms with van der Waals surface area (Å²) in [5, 5.41) is 11.0. The molecule has 214 valence electrons. The molecule has 1 aromatic carbocycles. The molecule has 4 amide bonds. The quantitative estimate of drug-likeness (QED) is 0.433. The van der Waals surface area contributed by atoms with Gasteiger partial charge in [0.15, 0.2) is 0 Å². The van der Waals surface area contributed by atoms with Crippen LogP contribution in [-0.4, -0.2) is 58.3 Å². The van der Waals surface area contributed by atoms with Crippen molar-refractivity contribution in [2.24, 2.45) is 11.3 Å². The lowest BCUT2D eigenvalue weighted by Crippen LogP contribution is -2.62. The van der Waals surface area contributed by atoms with E-state index >= 15 is 0 Å². The van der Waals surface area contributed by atoms with Gasteiger partial charge in [-0.25, -0.2) is 5.43 Å². The number of carbonyl (C=O) groups excluding carboxylic acids is 4. The summed E-state index contributed by atoms with van der Waals surface area (Å²) in [5.74, 6) is -1.53. The molecule has 10 heteroatoms. The van der Waals surface area contributed by atoms with Gasteiger partial charge in [0.05, 0.1) is 22.7 Å². The molecule has 40 heavy (non-hydrogen) atoms. The molecule has 4 atom stereocenters. The van der Waals surface area contributed by atoms with Gasteiger partial charge >= 0.3 is 0 Å². The van der Waals surface area contributed by atoms with E-state index in [0.29, 0.717) is 25.1 Å². The molecule has 1 saturated heterocycles. The van der Waals surface area contributed by atoms with Crippen molar-refractivity contribution in [3.8, 4) is 0 Å². The zero-order chi connectivity index (χ0) is 29.2. The van der Waals surface area contributed by atoms with Gasteiger partial charge in [-0.3, -0.25) is 29.2 Å². The fraction of sp³-hybridized carbons (Fsp3) is 0.500. The van der Waals surface area contributed by atoms with E-state index in [1.807, 2.05) is 57.2 Å². The van der Waals surface area contributed by atoms with Crippen molar-refractivity contribution in [3.63, 3.8) is 0 Å². The Morgan fingerprint density at radius 3 is 2.38 bits per heavy atom. The van der Waals surface area contributed by atoms with E-state index in [0.717, 1.165) is 16.5 Å². The number of hydrogen-bond donors (Lipinski definition) is 4. The smallest absolute Gasteiger partial charge is 0.258 e. The zero-order valence-electron chi connectivity index (χ0n) is 24.1. The van der Waals surface area contributed by atoms with Gasteiger partial charge < -0.3 is 16.0 Å². The van der Waals surface area contributed by atoms with Crippen LogP contribution >= 0.6 is 0 Å². The molecule has 4 N–H and O–H groups in total. The molecule has 5 bridgehead atoms. The Hall–Kier alpha value is -3.79. The number of hydrogen-bond acceptors (Lipinski definition) is 6. The Labute approximate surface area is 235 Å².